The Bertz CT molecular complexity index is 774. The van der Waals surface area contributed by atoms with Crippen molar-refractivity contribution in [2.75, 3.05) is 10.6 Å². The van der Waals surface area contributed by atoms with E-state index in [1.165, 1.54) is 0 Å². The van der Waals surface area contributed by atoms with Gasteiger partial charge in [0.05, 0.1) is 0 Å². The third kappa shape index (κ3) is 4.87. The van der Waals surface area contributed by atoms with Crippen molar-refractivity contribution in [2.24, 2.45) is 0 Å². The van der Waals surface area contributed by atoms with Crippen LogP contribution in [0.5, 0.6) is 0 Å². The fourth-order valence-corrected chi connectivity index (χ4v) is 3.27. The summed E-state index contributed by atoms with van der Waals surface area (Å²) in [6, 6.07) is 6.51. The topological polar surface area (TPSA) is 49.8 Å². The molecule has 4 nitrogen and oxygen atoms in total. The van der Waals surface area contributed by atoms with Crippen LogP contribution in [0.1, 0.15) is 43.4 Å². The Morgan fingerprint density at radius 2 is 1.81 bits per heavy atom. The summed E-state index contributed by atoms with van der Waals surface area (Å²) < 4.78 is 40.6. The van der Waals surface area contributed by atoms with Crippen molar-refractivity contribution < 1.29 is 13.2 Å². The number of nitrogens with zero attached hydrogens (tertiary/aromatic N) is 2. The first-order chi connectivity index (χ1) is 12.3. The number of hydrogen-bond acceptors (Lipinski definition) is 4. The Morgan fingerprint density at radius 1 is 1.08 bits per heavy atom. The fraction of sp³-hybridized carbons (Fsp3) is 0.444. The van der Waals surface area contributed by atoms with Crippen molar-refractivity contribution >= 4 is 33.4 Å². The second-order valence-corrected chi connectivity index (χ2v) is 7.38. The molecule has 1 heterocycles. The number of aryl methyl sites for hydroxylation is 1. The van der Waals surface area contributed by atoms with E-state index in [4.69, 9.17) is 0 Å². The van der Waals surface area contributed by atoms with E-state index in [0.717, 1.165) is 48.2 Å². The Morgan fingerprint density at radius 3 is 2.46 bits per heavy atom. The zero-order valence-corrected chi connectivity index (χ0v) is 15.9. The van der Waals surface area contributed by atoms with Gasteiger partial charge in [0, 0.05) is 22.3 Å². The molecule has 0 amide bonds. The lowest BCUT2D eigenvalue weighted by Crippen LogP contribution is -2.24. The van der Waals surface area contributed by atoms with Crippen LogP contribution in [0.3, 0.4) is 0 Å². The molecule has 2 N–H and O–H groups in total. The molecule has 3 rings (SSSR count). The number of anilines is 3. The second-order valence-electron chi connectivity index (χ2n) is 6.53. The molecule has 0 radical (unpaired) electrons. The number of benzene rings is 1. The average Bonchev–Trinajstić information content (AvgIpc) is 2.58. The smallest absolute Gasteiger partial charge is 0.351 e. The summed E-state index contributed by atoms with van der Waals surface area (Å²) in [7, 11) is 0. The van der Waals surface area contributed by atoms with Gasteiger partial charge in [0.15, 0.2) is 5.69 Å². The summed E-state index contributed by atoms with van der Waals surface area (Å²) >= 11 is 3.41. The van der Waals surface area contributed by atoms with Gasteiger partial charge in [0.1, 0.15) is 5.82 Å². The summed E-state index contributed by atoms with van der Waals surface area (Å²) in [5, 5.41) is 6.02. The van der Waals surface area contributed by atoms with Crippen LogP contribution < -0.4 is 10.6 Å². The van der Waals surface area contributed by atoms with Gasteiger partial charge in [-0.25, -0.2) is 4.98 Å². The fourth-order valence-electron chi connectivity index (χ4n) is 3.02. The number of aromatic nitrogens is 2. The summed E-state index contributed by atoms with van der Waals surface area (Å²) in [4.78, 5) is 7.92. The van der Waals surface area contributed by atoms with Crippen LogP contribution in [-0.2, 0) is 6.18 Å². The maximum atomic E-state index is 13.2. The van der Waals surface area contributed by atoms with Crippen LogP contribution in [-0.4, -0.2) is 16.0 Å². The van der Waals surface area contributed by atoms with E-state index in [1.54, 1.807) is 6.07 Å². The standard InChI is InChI=1S/C18H20BrF3N4/c1-11-9-13(7-8-14(11)19)23-16-10-15(18(20,21)22)25-17(26-16)24-12-5-3-2-4-6-12/h7-10,12H,2-6H2,1H3,(H2,23,24,25,26). The molecular weight excluding hydrogens is 409 g/mol. The van der Waals surface area contributed by atoms with E-state index in [1.807, 2.05) is 19.1 Å². The lowest BCUT2D eigenvalue weighted by atomic mass is 9.96. The highest BCUT2D eigenvalue weighted by molar-refractivity contribution is 9.10. The van der Waals surface area contributed by atoms with Crippen LogP contribution in [0.2, 0.25) is 0 Å². The van der Waals surface area contributed by atoms with E-state index >= 15 is 0 Å². The minimum Gasteiger partial charge on any atom is -0.351 e. The van der Waals surface area contributed by atoms with E-state index in [9.17, 15) is 13.2 Å². The molecule has 1 aromatic carbocycles. The maximum Gasteiger partial charge on any atom is 0.433 e. The van der Waals surface area contributed by atoms with Gasteiger partial charge in [-0.1, -0.05) is 35.2 Å². The molecule has 0 aliphatic heterocycles. The first-order valence-corrected chi connectivity index (χ1v) is 9.36. The van der Waals surface area contributed by atoms with Crippen molar-refractivity contribution in [1.82, 2.24) is 9.97 Å². The van der Waals surface area contributed by atoms with Gasteiger partial charge in [-0.3, -0.25) is 0 Å². The number of nitrogens with one attached hydrogen (secondary N) is 2. The van der Waals surface area contributed by atoms with Gasteiger partial charge in [0.2, 0.25) is 5.95 Å². The molecule has 1 aliphatic carbocycles. The minimum absolute atomic E-state index is 0.0167. The predicted molar refractivity (Wildman–Crippen MR) is 99.7 cm³/mol. The summed E-state index contributed by atoms with van der Waals surface area (Å²) in [5.41, 5.74) is 0.684. The molecule has 2 aromatic rings. The molecule has 0 spiro atoms. The Labute approximate surface area is 158 Å². The number of halogens is 4. The van der Waals surface area contributed by atoms with Crippen molar-refractivity contribution in [2.45, 2.75) is 51.2 Å². The molecule has 1 fully saturated rings. The largest absolute Gasteiger partial charge is 0.433 e. The zero-order chi connectivity index (χ0) is 18.7. The predicted octanol–water partition coefficient (Wildman–Crippen LogP) is 6.05. The van der Waals surface area contributed by atoms with E-state index in [2.05, 4.69) is 36.5 Å². The number of rotatable bonds is 4. The summed E-state index contributed by atoms with van der Waals surface area (Å²) in [6.45, 7) is 1.91. The molecule has 26 heavy (non-hydrogen) atoms. The van der Waals surface area contributed by atoms with Crippen molar-refractivity contribution in [3.8, 4) is 0 Å². The Hall–Kier alpha value is -1.83. The molecule has 0 saturated heterocycles. The molecule has 8 heteroatoms. The van der Waals surface area contributed by atoms with Crippen LogP contribution >= 0.6 is 15.9 Å². The van der Waals surface area contributed by atoms with E-state index < -0.39 is 11.9 Å². The van der Waals surface area contributed by atoms with Crippen LogP contribution in [0, 0.1) is 6.92 Å². The van der Waals surface area contributed by atoms with Gasteiger partial charge in [0.25, 0.3) is 0 Å². The van der Waals surface area contributed by atoms with E-state index in [0.29, 0.717) is 5.69 Å². The van der Waals surface area contributed by atoms with Crippen LogP contribution in [0.15, 0.2) is 28.7 Å². The molecule has 0 bridgehead atoms. The average molecular weight is 429 g/mol. The number of hydrogen-bond donors (Lipinski definition) is 2. The van der Waals surface area contributed by atoms with Crippen molar-refractivity contribution in [3.63, 3.8) is 0 Å². The molecule has 1 aliphatic rings. The van der Waals surface area contributed by atoms with E-state index in [-0.39, 0.29) is 17.8 Å². The highest BCUT2D eigenvalue weighted by atomic mass is 79.9. The lowest BCUT2D eigenvalue weighted by Gasteiger charge is -2.23. The first-order valence-electron chi connectivity index (χ1n) is 8.57. The molecule has 0 unspecified atom stereocenters. The molecule has 0 atom stereocenters. The SMILES string of the molecule is Cc1cc(Nc2cc(C(F)(F)F)nc(NC3CCCCC3)n2)ccc1Br. The lowest BCUT2D eigenvalue weighted by molar-refractivity contribution is -0.141. The van der Waals surface area contributed by atoms with Gasteiger partial charge in [-0.15, -0.1) is 0 Å². The van der Waals surface area contributed by atoms with Crippen molar-refractivity contribution in [3.05, 3.63) is 40.0 Å². The quantitative estimate of drug-likeness (QED) is 0.621. The summed E-state index contributed by atoms with van der Waals surface area (Å²) in [5.74, 6) is 0.135. The normalized spacial score (nSPS) is 15.7. The van der Waals surface area contributed by atoms with Crippen LogP contribution in [0.25, 0.3) is 0 Å². The van der Waals surface area contributed by atoms with Gasteiger partial charge in [-0.2, -0.15) is 18.2 Å². The third-order valence-corrected chi connectivity index (χ3v) is 5.28. The van der Waals surface area contributed by atoms with Crippen LogP contribution in [0.4, 0.5) is 30.6 Å². The third-order valence-electron chi connectivity index (χ3n) is 4.39. The zero-order valence-electron chi connectivity index (χ0n) is 14.3. The Balaban J connectivity index is 1.87. The molecule has 1 aromatic heterocycles. The van der Waals surface area contributed by atoms with Gasteiger partial charge < -0.3 is 10.6 Å². The maximum absolute atomic E-state index is 13.2. The molecule has 1 saturated carbocycles. The second kappa shape index (κ2) is 7.82. The van der Waals surface area contributed by atoms with Gasteiger partial charge >= 0.3 is 6.18 Å². The molecule has 140 valence electrons. The highest BCUT2D eigenvalue weighted by Crippen LogP contribution is 2.31. The highest BCUT2D eigenvalue weighted by Gasteiger charge is 2.34. The monoisotopic (exact) mass is 428 g/mol. The Kier molecular flexibility index (Phi) is 5.70. The first kappa shape index (κ1) is 18.9. The molecular formula is C18H20BrF3N4. The van der Waals surface area contributed by atoms with Crippen molar-refractivity contribution in [1.29, 1.82) is 0 Å². The number of alkyl halides is 3. The van der Waals surface area contributed by atoms with Gasteiger partial charge in [-0.05, 0) is 43.5 Å². The minimum atomic E-state index is -4.53. The summed E-state index contributed by atoms with van der Waals surface area (Å²) in [6.07, 6.45) is 0.623.